The molecule has 2 unspecified atom stereocenters. The van der Waals surface area contributed by atoms with Crippen LogP contribution in [-0.4, -0.2) is 58.6 Å². The maximum Gasteiger partial charge on any atom is 0.416 e. The van der Waals surface area contributed by atoms with Crippen LogP contribution in [0.5, 0.6) is 11.6 Å². The zero-order valence-corrected chi connectivity index (χ0v) is 20.4. The molecule has 2 aromatic rings. The number of amides is 3. The quantitative estimate of drug-likeness (QED) is 0.586. The Morgan fingerprint density at radius 3 is 2.14 bits per heavy atom. The van der Waals surface area contributed by atoms with Crippen LogP contribution in [0.2, 0.25) is 0 Å². The Morgan fingerprint density at radius 1 is 0.919 bits per heavy atom. The molecule has 3 heterocycles. The molecule has 3 aliphatic rings. The van der Waals surface area contributed by atoms with Crippen LogP contribution >= 0.6 is 0 Å². The van der Waals surface area contributed by atoms with Crippen molar-refractivity contribution in [3.63, 3.8) is 0 Å². The standard InChI is InChI=1S/C27H29N3O7/c31-24-21-3-1-2-4-22(21)25(32)30(24)19-7-10-23(28-15-19)37-27(35)29-13-11-17(12-14-29)16-36-20-8-5-18(6-9-20)26(33)34/h5-10,15,17,21-22H,1-4,11-14,16H2,(H,33,34). The highest BCUT2D eigenvalue weighted by molar-refractivity contribution is 6.22. The largest absolute Gasteiger partial charge is 0.493 e. The lowest BCUT2D eigenvalue weighted by Crippen LogP contribution is -2.41. The van der Waals surface area contributed by atoms with Gasteiger partial charge in [-0.15, -0.1) is 0 Å². The molecule has 194 valence electrons. The van der Waals surface area contributed by atoms with Crippen molar-refractivity contribution in [2.45, 2.75) is 38.5 Å². The Bertz CT molecular complexity index is 1150. The molecule has 2 saturated heterocycles. The first-order chi connectivity index (χ1) is 17.9. The summed E-state index contributed by atoms with van der Waals surface area (Å²) >= 11 is 0. The summed E-state index contributed by atoms with van der Waals surface area (Å²) in [5.74, 6) is -0.783. The first-order valence-corrected chi connectivity index (χ1v) is 12.7. The summed E-state index contributed by atoms with van der Waals surface area (Å²) in [7, 11) is 0. The molecule has 1 aromatic heterocycles. The highest BCUT2D eigenvalue weighted by Crippen LogP contribution is 2.40. The van der Waals surface area contributed by atoms with E-state index in [-0.39, 0.29) is 41.0 Å². The molecule has 1 N–H and O–H groups in total. The molecule has 2 atom stereocenters. The van der Waals surface area contributed by atoms with Crippen LogP contribution in [0.1, 0.15) is 48.9 Å². The van der Waals surface area contributed by atoms with E-state index in [0.29, 0.717) is 31.1 Å². The minimum absolute atomic E-state index is 0.112. The van der Waals surface area contributed by atoms with Crippen molar-refractivity contribution in [2.24, 2.45) is 17.8 Å². The fraction of sp³-hybridized carbons (Fsp3) is 0.444. The number of fused-ring (bicyclic) bond motifs is 1. The van der Waals surface area contributed by atoms with Crippen molar-refractivity contribution in [1.29, 1.82) is 0 Å². The highest BCUT2D eigenvalue weighted by Gasteiger charge is 2.48. The molecule has 37 heavy (non-hydrogen) atoms. The zero-order valence-electron chi connectivity index (χ0n) is 20.4. The number of likely N-dealkylation sites (tertiary alicyclic amines) is 1. The van der Waals surface area contributed by atoms with Crippen LogP contribution in [-0.2, 0) is 9.59 Å². The number of carboxylic acid groups (broad SMARTS) is 1. The Hall–Kier alpha value is -3.95. The third-order valence-electron chi connectivity index (χ3n) is 7.47. The van der Waals surface area contributed by atoms with Crippen molar-refractivity contribution >= 4 is 29.6 Å². The predicted octanol–water partition coefficient (Wildman–Crippen LogP) is 3.75. The number of piperidine rings is 1. The number of aromatic carboxylic acids is 1. The number of rotatable bonds is 6. The average Bonchev–Trinajstić information content (AvgIpc) is 3.18. The van der Waals surface area contributed by atoms with Gasteiger partial charge < -0.3 is 19.5 Å². The van der Waals surface area contributed by atoms with Gasteiger partial charge in [-0.2, -0.15) is 0 Å². The number of hydrogen-bond donors (Lipinski definition) is 1. The van der Waals surface area contributed by atoms with Crippen LogP contribution in [0.4, 0.5) is 10.5 Å². The molecule has 10 nitrogen and oxygen atoms in total. The van der Waals surface area contributed by atoms with E-state index in [2.05, 4.69) is 4.98 Å². The fourth-order valence-electron chi connectivity index (χ4n) is 5.33. The molecule has 2 aliphatic heterocycles. The monoisotopic (exact) mass is 507 g/mol. The third kappa shape index (κ3) is 5.28. The summed E-state index contributed by atoms with van der Waals surface area (Å²) < 4.78 is 11.2. The summed E-state index contributed by atoms with van der Waals surface area (Å²) in [4.78, 5) is 56.1. The molecular weight excluding hydrogens is 478 g/mol. The highest BCUT2D eigenvalue weighted by atomic mass is 16.6. The van der Waals surface area contributed by atoms with Gasteiger partial charge >= 0.3 is 12.1 Å². The smallest absolute Gasteiger partial charge is 0.416 e. The molecule has 1 aliphatic carbocycles. The van der Waals surface area contributed by atoms with E-state index in [1.165, 1.54) is 29.3 Å². The number of nitrogens with zero attached hydrogens (tertiary/aromatic N) is 3. The minimum Gasteiger partial charge on any atom is -0.493 e. The van der Waals surface area contributed by atoms with E-state index in [0.717, 1.165) is 38.5 Å². The van der Waals surface area contributed by atoms with Crippen molar-refractivity contribution in [1.82, 2.24) is 9.88 Å². The van der Waals surface area contributed by atoms with Gasteiger partial charge in [0.1, 0.15) is 5.75 Å². The maximum atomic E-state index is 12.8. The number of hydrogen-bond acceptors (Lipinski definition) is 7. The molecule has 0 bridgehead atoms. The molecule has 3 fully saturated rings. The lowest BCUT2D eigenvalue weighted by Gasteiger charge is -2.31. The lowest BCUT2D eigenvalue weighted by atomic mass is 9.81. The van der Waals surface area contributed by atoms with Gasteiger partial charge in [0.15, 0.2) is 0 Å². The van der Waals surface area contributed by atoms with Crippen LogP contribution in [0.15, 0.2) is 42.6 Å². The van der Waals surface area contributed by atoms with Crippen molar-refractivity contribution in [2.75, 3.05) is 24.6 Å². The van der Waals surface area contributed by atoms with E-state index >= 15 is 0 Å². The molecule has 0 radical (unpaired) electrons. The van der Waals surface area contributed by atoms with Crippen LogP contribution in [0.3, 0.4) is 0 Å². The molecular formula is C27H29N3O7. The maximum absolute atomic E-state index is 12.8. The topological polar surface area (TPSA) is 126 Å². The number of imide groups is 1. The van der Waals surface area contributed by atoms with E-state index < -0.39 is 12.1 Å². The van der Waals surface area contributed by atoms with Crippen molar-refractivity contribution in [3.8, 4) is 11.6 Å². The molecule has 1 saturated carbocycles. The van der Waals surface area contributed by atoms with E-state index in [1.807, 2.05) is 0 Å². The SMILES string of the molecule is O=C(O)c1ccc(OCC2CCN(C(=O)Oc3ccc(N4C(=O)C5CCCCC5C4=O)cn3)CC2)cc1. The van der Waals surface area contributed by atoms with Crippen LogP contribution in [0.25, 0.3) is 0 Å². The summed E-state index contributed by atoms with van der Waals surface area (Å²) in [5, 5.41) is 8.97. The number of aromatic nitrogens is 1. The number of carbonyl (C=O) groups is 4. The summed E-state index contributed by atoms with van der Waals surface area (Å²) in [6, 6.07) is 9.38. The first kappa shape index (κ1) is 24.7. The summed E-state index contributed by atoms with van der Waals surface area (Å²) in [5.41, 5.74) is 0.613. The van der Waals surface area contributed by atoms with Crippen molar-refractivity contribution in [3.05, 3.63) is 48.2 Å². The molecule has 3 amide bonds. The number of anilines is 1. The Morgan fingerprint density at radius 2 is 1.57 bits per heavy atom. The second kappa shape index (κ2) is 10.6. The number of carbonyl (C=O) groups excluding carboxylic acids is 3. The van der Waals surface area contributed by atoms with Gasteiger partial charge in [0.05, 0.1) is 35.9 Å². The van der Waals surface area contributed by atoms with E-state index in [4.69, 9.17) is 14.6 Å². The van der Waals surface area contributed by atoms with Gasteiger partial charge in [-0.1, -0.05) is 12.8 Å². The lowest BCUT2D eigenvalue weighted by molar-refractivity contribution is -0.122. The summed E-state index contributed by atoms with van der Waals surface area (Å²) in [6.07, 6.45) is 5.83. The number of benzene rings is 1. The fourth-order valence-corrected chi connectivity index (χ4v) is 5.33. The van der Waals surface area contributed by atoms with Gasteiger partial charge in [0.2, 0.25) is 17.7 Å². The summed E-state index contributed by atoms with van der Waals surface area (Å²) in [6.45, 7) is 1.51. The van der Waals surface area contributed by atoms with Crippen LogP contribution in [0, 0.1) is 17.8 Å². The normalized spacial score (nSPS) is 22.1. The Labute approximate surface area is 214 Å². The number of pyridine rings is 1. The molecule has 0 spiro atoms. The van der Waals surface area contributed by atoms with Gasteiger partial charge in [-0.3, -0.25) is 9.59 Å². The van der Waals surface area contributed by atoms with Gasteiger partial charge in [-0.05, 0) is 61.9 Å². The zero-order chi connectivity index (χ0) is 25.9. The van der Waals surface area contributed by atoms with E-state index in [9.17, 15) is 19.2 Å². The average molecular weight is 508 g/mol. The number of carboxylic acids is 1. The molecule has 10 heteroatoms. The Kier molecular flexibility index (Phi) is 7.07. The number of ether oxygens (including phenoxy) is 2. The second-order valence-corrected chi connectivity index (χ2v) is 9.80. The third-order valence-corrected chi connectivity index (χ3v) is 7.47. The first-order valence-electron chi connectivity index (χ1n) is 12.7. The van der Waals surface area contributed by atoms with Gasteiger partial charge in [0, 0.05) is 19.2 Å². The minimum atomic E-state index is -0.980. The van der Waals surface area contributed by atoms with Crippen molar-refractivity contribution < 1.29 is 33.8 Å². The Balaban J connectivity index is 1.09. The second-order valence-electron chi connectivity index (χ2n) is 9.80. The van der Waals surface area contributed by atoms with E-state index in [1.54, 1.807) is 23.1 Å². The molecule has 1 aromatic carbocycles. The van der Waals surface area contributed by atoms with Gasteiger partial charge in [0.25, 0.3) is 0 Å². The molecule has 5 rings (SSSR count). The van der Waals surface area contributed by atoms with Gasteiger partial charge in [-0.25, -0.2) is 19.5 Å². The van der Waals surface area contributed by atoms with Crippen LogP contribution < -0.4 is 14.4 Å². The predicted molar refractivity (Wildman–Crippen MR) is 131 cm³/mol.